The van der Waals surface area contributed by atoms with E-state index in [4.69, 9.17) is 5.73 Å². The first-order valence-corrected chi connectivity index (χ1v) is 8.84. The smallest absolute Gasteiger partial charge is 0.223 e. The van der Waals surface area contributed by atoms with Gasteiger partial charge in [0.05, 0.1) is 0 Å². The fraction of sp³-hybridized carbons (Fsp3) is 0.650. The van der Waals surface area contributed by atoms with Gasteiger partial charge in [0.25, 0.3) is 0 Å². The van der Waals surface area contributed by atoms with E-state index in [1.165, 1.54) is 11.1 Å². The first-order valence-electron chi connectivity index (χ1n) is 8.84. The summed E-state index contributed by atoms with van der Waals surface area (Å²) in [6.07, 6.45) is 1.47. The summed E-state index contributed by atoms with van der Waals surface area (Å²) in [5, 5.41) is 0. The van der Waals surface area contributed by atoms with Crippen molar-refractivity contribution >= 4 is 5.91 Å². The largest absolute Gasteiger partial charge is 0.342 e. The molecule has 0 radical (unpaired) electrons. The van der Waals surface area contributed by atoms with Crippen LogP contribution in [0.1, 0.15) is 70.4 Å². The highest BCUT2D eigenvalue weighted by molar-refractivity contribution is 5.77. The van der Waals surface area contributed by atoms with Gasteiger partial charge >= 0.3 is 0 Å². The third-order valence-electron chi connectivity index (χ3n) is 5.32. The molecule has 1 aliphatic rings. The molecule has 0 spiro atoms. The first-order chi connectivity index (χ1) is 10.7. The van der Waals surface area contributed by atoms with Crippen molar-refractivity contribution in [3.8, 4) is 0 Å². The van der Waals surface area contributed by atoms with Crippen molar-refractivity contribution in [3.63, 3.8) is 0 Å². The van der Waals surface area contributed by atoms with Gasteiger partial charge in [-0.2, -0.15) is 0 Å². The van der Waals surface area contributed by atoms with Crippen molar-refractivity contribution in [1.29, 1.82) is 0 Å². The maximum Gasteiger partial charge on any atom is 0.223 e. The van der Waals surface area contributed by atoms with Crippen molar-refractivity contribution in [3.05, 3.63) is 35.4 Å². The van der Waals surface area contributed by atoms with E-state index in [0.29, 0.717) is 12.3 Å². The number of carbonyl (C=O) groups excluding carboxylic acids is 1. The van der Waals surface area contributed by atoms with Crippen LogP contribution in [-0.2, 0) is 4.79 Å². The molecule has 0 aromatic heterocycles. The van der Waals surface area contributed by atoms with Crippen molar-refractivity contribution in [2.24, 2.45) is 11.1 Å². The summed E-state index contributed by atoms with van der Waals surface area (Å²) in [5.74, 6) is 1.05. The van der Waals surface area contributed by atoms with Crippen LogP contribution < -0.4 is 5.73 Å². The molecule has 1 saturated heterocycles. The van der Waals surface area contributed by atoms with Gasteiger partial charge in [-0.05, 0) is 34.8 Å². The Bertz CT molecular complexity index is 533. The average Bonchev–Trinajstić information content (AvgIpc) is 2.49. The fourth-order valence-electron chi connectivity index (χ4n) is 3.31. The summed E-state index contributed by atoms with van der Waals surface area (Å²) in [5.41, 5.74) is 8.77. The van der Waals surface area contributed by atoms with Crippen LogP contribution in [0.2, 0.25) is 0 Å². The van der Waals surface area contributed by atoms with Crippen LogP contribution in [-0.4, -0.2) is 29.9 Å². The van der Waals surface area contributed by atoms with E-state index in [2.05, 4.69) is 58.9 Å². The molecule has 3 nitrogen and oxygen atoms in total. The van der Waals surface area contributed by atoms with Crippen LogP contribution in [0.3, 0.4) is 0 Å². The highest BCUT2D eigenvalue weighted by Gasteiger charge is 2.35. The Hall–Kier alpha value is -1.35. The van der Waals surface area contributed by atoms with Crippen molar-refractivity contribution < 1.29 is 4.79 Å². The monoisotopic (exact) mass is 316 g/mol. The van der Waals surface area contributed by atoms with Gasteiger partial charge in [0.15, 0.2) is 0 Å². The number of amides is 1. The third kappa shape index (κ3) is 4.35. The van der Waals surface area contributed by atoms with E-state index in [9.17, 15) is 4.79 Å². The molecule has 2 N–H and O–H groups in total. The van der Waals surface area contributed by atoms with E-state index in [1.807, 2.05) is 4.90 Å². The number of nitrogens with two attached hydrogens (primary N) is 1. The second kappa shape index (κ2) is 7.04. The van der Waals surface area contributed by atoms with Crippen molar-refractivity contribution in [2.75, 3.05) is 13.1 Å². The van der Waals surface area contributed by atoms with E-state index >= 15 is 0 Å². The Labute approximate surface area is 141 Å². The Morgan fingerprint density at radius 1 is 1.22 bits per heavy atom. The highest BCUT2D eigenvalue weighted by atomic mass is 16.2. The predicted molar refractivity (Wildman–Crippen MR) is 96.5 cm³/mol. The number of nitrogens with zero attached hydrogens (tertiary/aromatic N) is 1. The molecular formula is C20H32N2O. The van der Waals surface area contributed by atoms with Crippen LogP contribution >= 0.6 is 0 Å². The van der Waals surface area contributed by atoms with E-state index in [-0.39, 0.29) is 23.3 Å². The molecule has 1 aliphatic heterocycles. The molecule has 128 valence electrons. The van der Waals surface area contributed by atoms with Crippen LogP contribution in [0.5, 0.6) is 0 Å². The fourth-order valence-corrected chi connectivity index (χ4v) is 3.31. The zero-order valence-corrected chi connectivity index (χ0v) is 15.3. The normalized spacial score (nSPS) is 22.2. The summed E-state index contributed by atoms with van der Waals surface area (Å²) >= 11 is 0. The topological polar surface area (TPSA) is 46.3 Å². The quantitative estimate of drug-likeness (QED) is 0.916. The molecule has 0 aliphatic carbocycles. The zero-order chi connectivity index (χ0) is 17.2. The van der Waals surface area contributed by atoms with Crippen LogP contribution in [0, 0.1) is 5.41 Å². The molecule has 0 saturated carbocycles. The number of hydrogen-bond acceptors (Lipinski definition) is 2. The molecule has 1 aromatic rings. The van der Waals surface area contributed by atoms with E-state index < -0.39 is 0 Å². The number of benzene rings is 1. The minimum Gasteiger partial charge on any atom is -0.342 e. The van der Waals surface area contributed by atoms with Crippen molar-refractivity contribution in [2.45, 2.75) is 65.3 Å². The second-order valence-electron chi connectivity index (χ2n) is 8.13. The summed E-state index contributed by atoms with van der Waals surface area (Å²) in [4.78, 5) is 14.6. The molecule has 2 unspecified atom stereocenters. The predicted octanol–water partition coefficient (Wildman–Crippen LogP) is 3.89. The van der Waals surface area contributed by atoms with Crippen LogP contribution in [0.15, 0.2) is 24.3 Å². The average molecular weight is 316 g/mol. The zero-order valence-electron chi connectivity index (χ0n) is 15.3. The summed E-state index contributed by atoms with van der Waals surface area (Å²) in [6.45, 7) is 12.4. The minimum absolute atomic E-state index is 0.00998. The molecule has 2 atom stereocenters. The molecule has 1 heterocycles. The Kier molecular flexibility index (Phi) is 5.51. The molecule has 23 heavy (non-hydrogen) atoms. The molecule has 1 fully saturated rings. The number of carbonyl (C=O) groups is 1. The molecule has 3 heteroatoms. The summed E-state index contributed by atoms with van der Waals surface area (Å²) in [7, 11) is 0. The van der Waals surface area contributed by atoms with Gasteiger partial charge in [-0.3, -0.25) is 4.79 Å². The van der Waals surface area contributed by atoms with Gasteiger partial charge < -0.3 is 10.6 Å². The van der Waals surface area contributed by atoms with Gasteiger partial charge in [0.1, 0.15) is 0 Å². The Balaban J connectivity index is 1.97. The molecule has 0 bridgehead atoms. The Morgan fingerprint density at radius 2 is 1.78 bits per heavy atom. The number of hydrogen-bond donors (Lipinski definition) is 1. The van der Waals surface area contributed by atoms with Gasteiger partial charge in [-0.1, -0.05) is 58.9 Å². The van der Waals surface area contributed by atoms with Gasteiger partial charge in [0.2, 0.25) is 5.91 Å². The van der Waals surface area contributed by atoms with E-state index in [1.54, 1.807) is 0 Å². The number of likely N-dealkylation sites (tertiary alicyclic amines) is 1. The Morgan fingerprint density at radius 3 is 2.30 bits per heavy atom. The number of piperidine rings is 1. The molecule has 2 rings (SSSR count). The maximum atomic E-state index is 12.6. The standard InChI is InChI=1S/C20H32N2O/c1-14(2)16-6-8-17(9-7-16)15(3)12-19(23)22-11-10-18(21)20(4,5)13-22/h6-9,14-15,18H,10-13,21H2,1-5H3. The maximum absolute atomic E-state index is 12.6. The number of rotatable bonds is 4. The minimum atomic E-state index is 0.00998. The lowest BCUT2D eigenvalue weighted by Crippen LogP contribution is -2.54. The summed E-state index contributed by atoms with van der Waals surface area (Å²) < 4.78 is 0. The van der Waals surface area contributed by atoms with Gasteiger partial charge in [-0.15, -0.1) is 0 Å². The lowest BCUT2D eigenvalue weighted by Gasteiger charge is -2.42. The second-order valence-corrected chi connectivity index (χ2v) is 8.13. The van der Waals surface area contributed by atoms with Gasteiger partial charge in [-0.25, -0.2) is 0 Å². The summed E-state index contributed by atoms with van der Waals surface area (Å²) in [6, 6.07) is 8.90. The van der Waals surface area contributed by atoms with Crippen LogP contribution in [0.25, 0.3) is 0 Å². The van der Waals surface area contributed by atoms with Crippen LogP contribution in [0.4, 0.5) is 0 Å². The van der Waals surface area contributed by atoms with Gasteiger partial charge in [0, 0.05) is 25.6 Å². The molecule has 1 amide bonds. The van der Waals surface area contributed by atoms with E-state index in [0.717, 1.165) is 19.5 Å². The third-order valence-corrected chi connectivity index (χ3v) is 5.32. The highest BCUT2D eigenvalue weighted by Crippen LogP contribution is 2.29. The molecular weight excluding hydrogens is 284 g/mol. The van der Waals surface area contributed by atoms with Crippen molar-refractivity contribution in [1.82, 2.24) is 4.90 Å². The SMILES string of the molecule is CC(C)c1ccc(C(C)CC(=O)N2CCC(N)C(C)(C)C2)cc1. The lowest BCUT2D eigenvalue weighted by molar-refractivity contribution is -0.135. The first kappa shape index (κ1) is 18.0. The molecule has 1 aromatic carbocycles. The lowest BCUT2D eigenvalue weighted by atomic mass is 9.79.